The molecule has 0 spiro atoms. The zero-order valence-electron chi connectivity index (χ0n) is 11.9. The molecule has 1 N–H and O–H groups in total. The summed E-state index contributed by atoms with van der Waals surface area (Å²) in [6.45, 7) is 10.3. The third kappa shape index (κ3) is 5.84. The van der Waals surface area contributed by atoms with Crippen LogP contribution in [0.2, 0.25) is 0 Å². The van der Waals surface area contributed by atoms with E-state index in [1.54, 1.807) is 0 Å². The molecule has 2 atom stereocenters. The van der Waals surface area contributed by atoms with Crippen molar-refractivity contribution in [3.63, 3.8) is 0 Å². The maximum atomic E-state index is 5.23. The minimum atomic E-state index is 0.720. The Hall–Kier alpha value is -0.120. The predicted octanol–water partition coefficient (Wildman–Crippen LogP) is 2.12. The molecule has 0 aromatic heterocycles. The Kier molecular flexibility index (Phi) is 7.82. The SMILES string of the molecule is CCNC(CC)CCCN1CCC(COC)C1. The van der Waals surface area contributed by atoms with E-state index in [1.807, 2.05) is 7.11 Å². The fourth-order valence-electron chi connectivity index (χ4n) is 2.79. The lowest BCUT2D eigenvalue weighted by molar-refractivity contribution is 0.153. The highest BCUT2D eigenvalue weighted by molar-refractivity contribution is 4.75. The van der Waals surface area contributed by atoms with Gasteiger partial charge in [0.2, 0.25) is 0 Å². The van der Waals surface area contributed by atoms with Gasteiger partial charge in [0.05, 0.1) is 6.61 Å². The van der Waals surface area contributed by atoms with Crippen molar-refractivity contribution in [3.8, 4) is 0 Å². The summed E-state index contributed by atoms with van der Waals surface area (Å²) >= 11 is 0. The van der Waals surface area contributed by atoms with E-state index in [-0.39, 0.29) is 0 Å². The van der Waals surface area contributed by atoms with Crippen LogP contribution >= 0.6 is 0 Å². The average molecular weight is 242 g/mol. The molecule has 1 aliphatic rings. The minimum Gasteiger partial charge on any atom is -0.384 e. The lowest BCUT2D eigenvalue weighted by Gasteiger charge is -2.19. The van der Waals surface area contributed by atoms with Gasteiger partial charge in [0.15, 0.2) is 0 Å². The molecule has 1 aliphatic heterocycles. The van der Waals surface area contributed by atoms with Gasteiger partial charge in [-0.3, -0.25) is 0 Å². The van der Waals surface area contributed by atoms with E-state index in [4.69, 9.17) is 4.74 Å². The summed E-state index contributed by atoms with van der Waals surface area (Å²) in [5.74, 6) is 0.774. The minimum absolute atomic E-state index is 0.720. The predicted molar refractivity (Wildman–Crippen MR) is 73.4 cm³/mol. The fraction of sp³-hybridized carbons (Fsp3) is 1.00. The first kappa shape index (κ1) is 14.9. The molecular formula is C14H30N2O. The van der Waals surface area contributed by atoms with E-state index in [2.05, 4.69) is 24.1 Å². The number of rotatable bonds is 9. The first-order valence-electron chi connectivity index (χ1n) is 7.24. The summed E-state index contributed by atoms with van der Waals surface area (Å²) in [6, 6.07) is 0.720. The Morgan fingerprint density at radius 2 is 2.24 bits per heavy atom. The third-order valence-corrected chi connectivity index (χ3v) is 3.78. The number of likely N-dealkylation sites (tertiary alicyclic amines) is 1. The second-order valence-corrected chi connectivity index (χ2v) is 5.22. The molecule has 1 saturated heterocycles. The molecule has 1 rings (SSSR count). The zero-order chi connectivity index (χ0) is 12.5. The summed E-state index contributed by atoms with van der Waals surface area (Å²) in [5, 5.41) is 3.55. The molecule has 0 aromatic carbocycles. The molecule has 102 valence electrons. The van der Waals surface area contributed by atoms with Crippen LogP contribution in [0.25, 0.3) is 0 Å². The Labute approximate surface area is 107 Å². The van der Waals surface area contributed by atoms with Crippen molar-refractivity contribution in [2.45, 2.75) is 45.6 Å². The van der Waals surface area contributed by atoms with Crippen molar-refractivity contribution in [2.75, 3.05) is 39.9 Å². The lowest BCUT2D eigenvalue weighted by Crippen LogP contribution is -2.30. The van der Waals surface area contributed by atoms with Gasteiger partial charge in [0.1, 0.15) is 0 Å². The van der Waals surface area contributed by atoms with Crippen LogP contribution in [-0.4, -0.2) is 50.8 Å². The van der Waals surface area contributed by atoms with Gasteiger partial charge in [-0.1, -0.05) is 13.8 Å². The normalized spacial score (nSPS) is 23.1. The van der Waals surface area contributed by atoms with Crippen LogP contribution in [-0.2, 0) is 4.74 Å². The van der Waals surface area contributed by atoms with E-state index in [0.29, 0.717) is 0 Å². The van der Waals surface area contributed by atoms with Gasteiger partial charge in [0, 0.05) is 19.7 Å². The maximum absolute atomic E-state index is 5.23. The molecule has 0 bridgehead atoms. The van der Waals surface area contributed by atoms with Crippen molar-refractivity contribution < 1.29 is 4.74 Å². The van der Waals surface area contributed by atoms with Crippen molar-refractivity contribution in [1.29, 1.82) is 0 Å². The van der Waals surface area contributed by atoms with E-state index in [9.17, 15) is 0 Å². The summed E-state index contributed by atoms with van der Waals surface area (Å²) < 4.78 is 5.23. The van der Waals surface area contributed by atoms with Crippen molar-refractivity contribution in [1.82, 2.24) is 10.2 Å². The molecule has 0 aromatic rings. The molecule has 1 heterocycles. The van der Waals surface area contributed by atoms with Crippen LogP contribution in [0.5, 0.6) is 0 Å². The highest BCUT2D eigenvalue weighted by atomic mass is 16.5. The molecule has 0 aliphatic carbocycles. The summed E-state index contributed by atoms with van der Waals surface area (Å²) in [5.41, 5.74) is 0. The number of nitrogens with zero attached hydrogens (tertiary/aromatic N) is 1. The van der Waals surface area contributed by atoms with Crippen molar-refractivity contribution >= 4 is 0 Å². The Morgan fingerprint density at radius 3 is 2.88 bits per heavy atom. The van der Waals surface area contributed by atoms with Crippen LogP contribution in [0.15, 0.2) is 0 Å². The second kappa shape index (κ2) is 8.90. The van der Waals surface area contributed by atoms with Gasteiger partial charge in [-0.05, 0) is 51.2 Å². The Balaban J connectivity index is 2.07. The summed E-state index contributed by atoms with van der Waals surface area (Å²) in [7, 11) is 1.81. The largest absolute Gasteiger partial charge is 0.384 e. The molecule has 3 heteroatoms. The summed E-state index contributed by atoms with van der Waals surface area (Å²) in [6.07, 6.45) is 5.21. The van der Waals surface area contributed by atoms with Crippen LogP contribution in [0.3, 0.4) is 0 Å². The Morgan fingerprint density at radius 1 is 1.41 bits per heavy atom. The average Bonchev–Trinajstić information content (AvgIpc) is 2.76. The van der Waals surface area contributed by atoms with Crippen LogP contribution in [0.1, 0.15) is 39.5 Å². The molecule has 17 heavy (non-hydrogen) atoms. The third-order valence-electron chi connectivity index (χ3n) is 3.78. The molecule has 2 unspecified atom stereocenters. The number of methoxy groups -OCH3 is 1. The maximum Gasteiger partial charge on any atom is 0.0503 e. The highest BCUT2D eigenvalue weighted by Gasteiger charge is 2.21. The zero-order valence-corrected chi connectivity index (χ0v) is 11.9. The molecule has 1 fully saturated rings. The van der Waals surface area contributed by atoms with E-state index in [1.165, 1.54) is 45.3 Å². The van der Waals surface area contributed by atoms with Gasteiger partial charge in [-0.15, -0.1) is 0 Å². The molecule has 0 saturated carbocycles. The quantitative estimate of drug-likeness (QED) is 0.670. The lowest BCUT2D eigenvalue weighted by atomic mass is 10.1. The fourth-order valence-corrected chi connectivity index (χ4v) is 2.79. The van der Waals surface area contributed by atoms with Gasteiger partial charge in [0.25, 0.3) is 0 Å². The van der Waals surface area contributed by atoms with Gasteiger partial charge in [-0.2, -0.15) is 0 Å². The van der Waals surface area contributed by atoms with Gasteiger partial charge < -0.3 is 15.0 Å². The smallest absolute Gasteiger partial charge is 0.0503 e. The van der Waals surface area contributed by atoms with Crippen LogP contribution in [0.4, 0.5) is 0 Å². The number of hydrogen-bond acceptors (Lipinski definition) is 3. The van der Waals surface area contributed by atoms with Crippen molar-refractivity contribution in [2.24, 2.45) is 5.92 Å². The number of ether oxygens (including phenoxy) is 1. The molecule has 0 amide bonds. The Bertz CT molecular complexity index is 187. The first-order chi connectivity index (χ1) is 8.30. The van der Waals surface area contributed by atoms with Crippen molar-refractivity contribution in [3.05, 3.63) is 0 Å². The number of hydrogen-bond donors (Lipinski definition) is 1. The molecular weight excluding hydrogens is 212 g/mol. The second-order valence-electron chi connectivity index (χ2n) is 5.22. The topological polar surface area (TPSA) is 24.5 Å². The number of nitrogens with one attached hydrogen (secondary N) is 1. The first-order valence-corrected chi connectivity index (χ1v) is 7.24. The van der Waals surface area contributed by atoms with E-state index >= 15 is 0 Å². The van der Waals surface area contributed by atoms with E-state index < -0.39 is 0 Å². The van der Waals surface area contributed by atoms with Gasteiger partial charge >= 0.3 is 0 Å². The van der Waals surface area contributed by atoms with E-state index in [0.717, 1.165) is 25.1 Å². The highest BCUT2D eigenvalue weighted by Crippen LogP contribution is 2.17. The molecule has 0 radical (unpaired) electrons. The van der Waals surface area contributed by atoms with Crippen LogP contribution < -0.4 is 5.32 Å². The van der Waals surface area contributed by atoms with Gasteiger partial charge in [-0.25, -0.2) is 0 Å². The standard InChI is InChI=1S/C14H30N2O/c1-4-14(15-5-2)7-6-9-16-10-8-13(11-16)12-17-3/h13-15H,4-12H2,1-3H3. The summed E-state index contributed by atoms with van der Waals surface area (Å²) in [4.78, 5) is 2.60. The molecule has 3 nitrogen and oxygen atoms in total. The monoisotopic (exact) mass is 242 g/mol. The van der Waals surface area contributed by atoms with Crippen LogP contribution in [0, 0.1) is 5.92 Å².